The fraction of sp³-hybridized carbons (Fsp3) is 0.625. The third-order valence-electron chi connectivity index (χ3n) is 5.72. The van der Waals surface area contributed by atoms with Crippen LogP contribution in [0.1, 0.15) is 43.6 Å². The predicted octanol–water partition coefficient (Wildman–Crippen LogP) is 3.39. The fourth-order valence-corrected chi connectivity index (χ4v) is 5.27. The number of hydrogen-bond donors (Lipinski definition) is 2. The molecule has 0 aromatic heterocycles. The molecule has 0 heterocycles. The second-order valence-electron chi connectivity index (χ2n) is 6.84. The summed E-state index contributed by atoms with van der Waals surface area (Å²) in [5.74, 6) is 4.68. The van der Waals surface area contributed by atoms with Crippen LogP contribution < -0.4 is 11.5 Å². The Morgan fingerprint density at radius 3 is 1.94 bits per heavy atom. The topological polar surface area (TPSA) is 52.0 Å². The zero-order valence-corrected chi connectivity index (χ0v) is 10.8. The molecule has 96 valence electrons. The van der Waals surface area contributed by atoms with Crippen molar-refractivity contribution in [3.8, 4) is 0 Å². The minimum absolute atomic E-state index is 0.725. The number of anilines is 2. The zero-order valence-electron chi connectivity index (χ0n) is 10.8. The summed E-state index contributed by atoms with van der Waals surface area (Å²) in [6, 6.07) is 6.36. The number of nitrogens with two attached hydrogens (primary N) is 2. The monoisotopic (exact) mass is 242 g/mol. The van der Waals surface area contributed by atoms with Gasteiger partial charge in [-0.15, -0.1) is 0 Å². The Morgan fingerprint density at radius 1 is 0.778 bits per heavy atom. The van der Waals surface area contributed by atoms with E-state index in [1.807, 2.05) is 6.07 Å². The van der Waals surface area contributed by atoms with Gasteiger partial charge in [0.1, 0.15) is 0 Å². The zero-order chi connectivity index (χ0) is 12.3. The molecule has 5 rings (SSSR count). The van der Waals surface area contributed by atoms with Crippen molar-refractivity contribution in [3.05, 3.63) is 23.8 Å². The van der Waals surface area contributed by atoms with Crippen LogP contribution >= 0.6 is 0 Å². The van der Waals surface area contributed by atoms with E-state index >= 15 is 0 Å². The molecule has 0 amide bonds. The van der Waals surface area contributed by atoms with E-state index in [4.69, 9.17) is 11.5 Å². The average Bonchev–Trinajstić information content (AvgIpc) is 2.32. The second-order valence-corrected chi connectivity index (χ2v) is 6.84. The van der Waals surface area contributed by atoms with Crippen molar-refractivity contribution in [1.82, 2.24) is 0 Å². The van der Waals surface area contributed by atoms with Gasteiger partial charge in [-0.3, -0.25) is 0 Å². The summed E-state index contributed by atoms with van der Waals surface area (Å²) in [5, 5.41) is 0. The van der Waals surface area contributed by atoms with Crippen LogP contribution in [0.2, 0.25) is 0 Å². The highest BCUT2D eigenvalue weighted by Crippen LogP contribution is 2.59. The Balaban J connectivity index is 1.70. The molecular formula is C16H22N2. The van der Waals surface area contributed by atoms with Gasteiger partial charge in [-0.05, 0) is 79.4 Å². The van der Waals surface area contributed by atoms with E-state index in [1.165, 1.54) is 37.7 Å². The molecule has 0 aliphatic heterocycles. The van der Waals surface area contributed by atoms with Gasteiger partial charge in [-0.1, -0.05) is 6.07 Å². The summed E-state index contributed by atoms with van der Waals surface area (Å²) < 4.78 is 0. The summed E-state index contributed by atoms with van der Waals surface area (Å²) in [5.41, 5.74) is 14.8. The standard InChI is InChI=1S/C16H22N2/c17-14-2-1-11(8-15(14)18)16-12-4-9-3-10(6-12)7-13(16)5-9/h1-2,8-10,12-13,16H,3-7,17-18H2. The molecule has 0 spiro atoms. The van der Waals surface area contributed by atoms with Gasteiger partial charge in [0, 0.05) is 0 Å². The summed E-state index contributed by atoms with van der Waals surface area (Å²) in [4.78, 5) is 0. The van der Waals surface area contributed by atoms with Gasteiger partial charge < -0.3 is 11.5 Å². The Bertz CT molecular complexity index is 452. The van der Waals surface area contributed by atoms with Gasteiger partial charge in [0.2, 0.25) is 0 Å². The van der Waals surface area contributed by atoms with E-state index in [-0.39, 0.29) is 0 Å². The molecule has 4 bridgehead atoms. The van der Waals surface area contributed by atoms with Crippen molar-refractivity contribution in [1.29, 1.82) is 0 Å². The molecule has 18 heavy (non-hydrogen) atoms. The van der Waals surface area contributed by atoms with Crippen LogP contribution in [0.15, 0.2) is 18.2 Å². The highest BCUT2D eigenvalue weighted by atomic mass is 14.7. The van der Waals surface area contributed by atoms with Crippen LogP contribution in [0.3, 0.4) is 0 Å². The van der Waals surface area contributed by atoms with Gasteiger partial charge in [-0.25, -0.2) is 0 Å². The van der Waals surface area contributed by atoms with Crippen molar-refractivity contribution >= 4 is 11.4 Å². The molecule has 0 atom stereocenters. The van der Waals surface area contributed by atoms with Crippen LogP contribution in [0, 0.1) is 23.7 Å². The van der Waals surface area contributed by atoms with Crippen molar-refractivity contribution in [2.75, 3.05) is 11.5 Å². The van der Waals surface area contributed by atoms with Crippen LogP contribution in [0.25, 0.3) is 0 Å². The maximum Gasteiger partial charge on any atom is 0.0550 e. The van der Waals surface area contributed by atoms with E-state index in [0.717, 1.165) is 41.0 Å². The molecule has 1 aromatic rings. The maximum atomic E-state index is 5.99. The summed E-state index contributed by atoms with van der Waals surface area (Å²) >= 11 is 0. The third-order valence-corrected chi connectivity index (χ3v) is 5.72. The Morgan fingerprint density at radius 2 is 1.39 bits per heavy atom. The molecule has 4 aliphatic rings. The molecule has 4 fully saturated rings. The smallest absolute Gasteiger partial charge is 0.0550 e. The average molecular weight is 242 g/mol. The Labute approximate surface area is 109 Å². The van der Waals surface area contributed by atoms with Crippen molar-refractivity contribution in [3.63, 3.8) is 0 Å². The summed E-state index contributed by atoms with van der Waals surface area (Å²) in [6.45, 7) is 0. The van der Waals surface area contributed by atoms with Gasteiger partial charge in [-0.2, -0.15) is 0 Å². The predicted molar refractivity (Wildman–Crippen MR) is 75.1 cm³/mol. The highest BCUT2D eigenvalue weighted by molar-refractivity contribution is 5.64. The fourth-order valence-electron chi connectivity index (χ4n) is 5.27. The van der Waals surface area contributed by atoms with Crippen LogP contribution in [-0.4, -0.2) is 0 Å². The Kier molecular flexibility index (Phi) is 2.18. The molecule has 0 saturated heterocycles. The molecule has 4 aliphatic carbocycles. The minimum Gasteiger partial charge on any atom is -0.397 e. The van der Waals surface area contributed by atoms with Crippen LogP contribution in [-0.2, 0) is 0 Å². The molecule has 1 aromatic carbocycles. The number of benzene rings is 1. The lowest BCUT2D eigenvalue weighted by molar-refractivity contribution is -0.00275. The minimum atomic E-state index is 0.725. The third kappa shape index (κ3) is 1.47. The molecule has 4 saturated carbocycles. The Hall–Kier alpha value is -1.18. The largest absolute Gasteiger partial charge is 0.397 e. The first kappa shape index (κ1) is 10.7. The molecule has 0 unspecified atom stereocenters. The first-order chi connectivity index (χ1) is 8.70. The molecule has 4 N–H and O–H groups in total. The normalized spacial score (nSPS) is 41.2. The van der Waals surface area contributed by atoms with Crippen molar-refractivity contribution in [2.45, 2.75) is 38.0 Å². The number of nitrogen functional groups attached to an aromatic ring is 2. The van der Waals surface area contributed by atoms with Crippen LogP contribution in [0.4, 0.5) is 11.4 Å². The maximum absolute atomic E-state index is 5.99. The van der Waals surface area contributed by atoms with Gasteiger partial charge >= 0.3 is 0 Å². The summed E-state index contributed by atoms with van der Waals surface area (Å²) in [6.07, 6.45) is 7.36. The lowest BCUT2D eigenvalue weighted by Crippen LogP contribution is -2.43. The first-order valence-corrected chi connectivity index (χ1v) is 7.35. The summed E-state index contributed by atoms with van der Waals surface area (Å²) in [7, 11) is 0. The van der Waals surface area contributed by atoms with E-state index in [2.05, 4.69) is 12.1 Å². The SMILES string of the molecule is Nc1ccc(C2C3CC4CC(C3)CC2C4)cc1N. The van der Waals surface area contributed by atoms with E-state index in [9.17, 15) is 0 Å². The molecule has 0 radical (unpaired) electrons. The second kappa shape index (κ2) is 3.66. The van der Waals surface area contributed by atoms with E-state index in [1.54, 1.807) is 0 Å². The first-order valence-electron chi connectivity index (χ1n) is 7.35. The van der Waals surface area contributed by atoms with E-state index in [0.29, 0.717) is 0 Å². The van der Waals surface area contributed by atoms with Crippen molar-refractivity contribution < 1.29 is 0 Å². The number of rotatable bonds is 1. The lowest BCUT2D eigenvalue weighted by atomic mass is 9.51. The van der Waals surface area contributed by atoms with Crippen LogP contribution in [0.5, 0.6) is 0 Å². The quantitative estimate of drug-likeness (QED) is 0.742. The lowest BCUT2D eigenvalue weighted by Gasteiger charge is -2.54. The molecular weight excluding hydrogens is 220 g/mol. The molecule has 2 nitrogen and oxygen atoms in total. The van der Waals surface area contributed by atoms with E-state index < -0.39 is 0 Å². The van der Waals surface area contributed by atoms with Gasteiger partial charge in [0.05, 0.1) is 11.4 Å². The van der Waals surface area contributed by atoms with Gasteiger partial charge in [0.25, 0.3) is 0 Å². The van der Waals surface area contributed by atoms with Gasteiger partial charge in [0.15, 0.2) is 0 Å². The highest BCUT2D eigenvalue weighted by Gasteiger charge is 2.48. The number of hydrogen-bond acceptors (Lipinski definition) is 2. The van der Waals surface area contributed by atoms with Crippen molar-refractivity contribution in [2.24, 2.45) is 23.7 Å². The molecule has 2 heteroatoms.